The monoisotopic (exact) mass is 95.0 g/mol. The molecule has 3 nitrogen and oxygen atoms in total. The highest BCUT2D eigenvalue weighted by molar-refractivity contribution is 5.75. The van der Waals surface area contributed by atoms with Gasteiger partial charge in [-0.15, -0.1) is 0 Å². The first-order valence-corrected chi connectivity index (χ1v) is 1.90. The lowest BCUT2D eigenvalue weighted by molar-refractivity contribution is 1.34. The van der Waals surface area contributed by atoms with Crippen LogP contribution in [0.2, 0.25) is 0 Å². The Balaban J connectivity index is 2.72. The van der Waals surface area contributed by atoms with Gasteiger partial charge in [-0.2, -0.15) is 0 Å². The molecule has 36 valence electrons. The van der Waals surface area contributed by atoms with Crippen LogP contribution < -0.4 is 11.1 Å². The second-order valence-corrected chi connectivity index (χ2v) is 1.26. The summed E-state index contributed by atoms with van der Waals surface area (Å²) in [4.78, 5) is 3.56. The summed E-state index contributed by atoms with van der Waals surface area (Å²) in [5.41, 5.74) is 4.89. The molecule has 0 fully saturated rings. The fourth-order valence-electron chi connectivity index (χ4n) is 0.251. The highest BCUT2D eigenvalue weighted by Gasteiger charge is 1.84. The van der Waals surface area contributed by atoms with E-state index in [2.05, 4.69) is 4.99 Å². The number of nitrogens with zero attached hydrogens (tertiary/aromatic N) is 1. The van der Waals surface area contributed by atoms with E-state index in [0.717, 1.165) is 5.36 Å². The molecule has 3 N–H and O–H groups in total. The van der Waals surface area contributed by atoms with Gasteiger partial charge in [0.2, 0.25) is 5.96 Å². The van der Waals surface area contributed by atoms with E-state index in [1.54, 1.807) is 12.1 Å². The lowest BCUT2D eigenvalue weighted by Gasteiger charge is -1.74. The Morgan fingerprint density at radius 1 is 1.71 bits per heavy atom. The van der Waals surface area contributed by atoms with Crippen molar-refractivity contribution in [3.8, 4) is 0 Å². The first-order chi connectivity index (χ1) is 3.29. The normalized spacial score (nSPS) is 9.14. The Labute approximate surface area is 40.7 Å². The minimum Gasteiger partial charge on any atom is -0.368 e. The van der Waals surface area contributed by atoms with Crippen LogP contribution in [0.3, 0.4) is 0 Å². The first kappa shape index (κ1) is 4.05. The molecule has 0 amide bonds. The average Bonchev–Trinajstić information content (AvgIpc) is 2.17. The maximum atomic E-state index is 6.62. The topological polar surface area (TPSA) is 62.2 Å². The average molecular weight is 95.1 g/mol. The fourth-order valence-corrected chi connectivity index (χ4v) is 0.251. The summed E-state index contributed by atoms with van der Waals surface area (Å²) in [5.74, 6) is -0.125. The molecule has 0 aliphatic heterocycles. The molecule has 0 aromatic heterocycles. The van der Waals surface area contributed by atoms with Crippen LogP contribution in [-0.4, -0.2) is 5.96 Å². The maximum absolute atomic E-state index is 6.62. The zero-order valence-electron chi connectivity index (χ0n) is 3.68. The molecule has 0 saturated heterocycles. The molecular weight excluding hydrogens is 90.1 g/mol. The van der Waals surface area contributed by atoms with Crippen molar-refractivity contribution in [1.29, 1.82) is 5.41 Å². The molecule has 0 aliphatic rings. The number of nitrogens with two attached hydrogens (primary N) is 1. The van der Waals surface area contributed by atoms with Gasteiger partial charge in [0.15, 0.2) is 0 Å². The Morgan fingerprint density at radius 3 is 2.43 bits per heavy atom. The molecule has 1 aromatic rings. The molecule has 0 heterocycles. The summed E-state index contributed by atoms with van der Waals surface area (Å²) >= 11 is 0. The van der Waals surface area contributed by atoms with E-state index in [0.29, 0.717) is 0 Å². The molecule has 1 rings (SSSR count). The van der Waals surface area contributed by atoms with Crippen LogP contribution in [0.4, 0.5) is 0 Å². The molecule has 0 bridgehead atoms. The van der Waals surface area contributed by atoms with Crippen molar-refractivity contribution in [2.24, 2.45) is 10.7 Å². The summed E-state index contributed by atoms with van der Waals surface area (Å²) in [5, 5.41) is 7.43. The zero-order valence-corrected chi connectivity index (χ0v) is 3.68. The lowest BCUT2D eigenvalue weighted by Crippen LogP contribution is -2.07. The third kappa shape index (κ3) is 1.17. The molecule has 3 heteroatoms. The van der Waals surface area contributed by atoms with E-state index < -0.39 is 0 Å². The van der Waals surface area contributed by atoms with Crippen LogP contribution in [0, 0.1) is 5.41 Å². The Morgan fingerprint density at radius 2 is 2.29 bits per heavy atom. The predicted molar refractivity (Wildman–Crippen MR) is 26.3 cm³/mol. The third-order valence-electron chi connectivity index (χ3n) is 0.565. The summed E-state index contributed by atoms with van der Waals surface area (Å²) in [6, 6.07) is 3.59. The molecule has 0 saturated carbocycles. The van der Waals surface area contributed by atoms with E-state index in [1.807, 2.05) is 0 Å². The third-order valence-corrected chi connectivity index (χ3v) is 0.565. The quantitative estimate of drug-likeness (QED) is 0.326. The van der Waals surface area contributed by atoms with E-state index in [-0.39, 0.29) is 5.96 Å². The molecule has 0 spiro atoms. The van der Waals surface area contributed by atoms with Crippen LogP contribution >= 0.6 is 0 Å². The molecular formula is C4H5N3. The van der Waals surface area contributed by atoms with Gasteiger partial charge < -0.3 is 5.73 Å². The molecule has 0 aliphatic carbocycles. The van der Waals surface area contributed by atoms with Crippen molar-refractivity contribution < 1.29 is 0 Å². The van der Waals surface area contributed by atoms with Gasteiger partial charge in [0.05, 0.1) is 5.36 Å². The Bertz CT molecular complexity index is 180. The van der Waals surface area contributed by atoms with Crippen LogP contribution in [0.1, 0.15) is 0 Å². The van der Waals surface area contributed by atoms with Crippen molar-refractivity contribution in [2.75, 3.05) is 0 Å². The van der Waals surface area contributed by atoms with Crippen molar-refractivity contribution in [3.05, 3.63) is 17.5 Å². The van der Waals surface area contributed by atoms with Gasteiger partial charge in [-0.1, -0.05) is 0 Å². The van der Waals surface area contributed by atoms with Gasteiger partial charge in [0.25, 0.3) is 0 Å². The highest BCUT2D eigenvalue weighted by Crippen LogP contribution is 1.70. The van der Waals surface area contributed by atoms with Crippen LogP contribution in [0.25, 0.3) is 0 Å². The summed E-state index contributed by atoms with van der Waals surface area (Å²) < 4.78 is 0. The molecule has 0 atom stereocenters. The second kappa shape index (κ2) is 1.18. The van der Waals surface area contributed by atoms with E-state index in [9.17, 15) is 0 Å². The summed E-state index contributed by atoms with van der Waals surface area (Å²) in [6.45, 7) is 0. The number of nitrogens with one attached hydrogen (secondary N) is 1. The van der Waals surface area contributed by atoms with Crippen LogP contribution in [-0.2, 0) is 0 Å². The Kier molecular flexibility index (Phi) is 0.685. The van der Waals surface area contributed by atoms with Gasteiger partial charge in [-0.05, 0) is 12.1 Å². The van der Waals surface area contributed by atoms with Gasteiger partial charge in [-0.3, -0.25) is 5.41 Å². The summed E-state index contributed by atoms with van der Waals surface area (Å²) in [6.07, 6.45) is 0. The van der Waals surface area contributed by atoms with Crippen LogP contribution in [0.5, 0.6) is 0 Å². The highest BCUT2D eigenvalue weighted by atomic mass is 15.0. The van der Waals surface area contributed by atoms with E-state index >= 15 is 0 Å². The van der Waals surface area contributed by atoms with Gasteiger partial charge in [0.1, 0.15) is 0 Å². The zero-order chi connectivity index (χ0) is 5.28. The van der Waals surface area contributed by atoms with Gasteiger partial charge in [-0.25, -0.2) is 4.99 Å². The van der Waals surface area contributed by atoms with Crippen molar-refractivity contribution in [1.82, 2.24) is 0 Å². The largest absolute Gasteiger partial charge is 0.368 e. The minimum atomic E-state index is -0.125. The standard InChI is InChI=1S/C4H5N3/c5-4(6)7-3-1-2-3/h1-2H,(H3,5,6). The minimum absolute atomic E-state index is 0.125. The number of guanidine groups is 1. The smallest absolute Gasteiger partial charge is 0.212 e. The number of hydrogen-bond acceptors (Lipinski definition) is 1. The van der Waals surface area contributed by atoms with Crippen molar-refractivity contribution in [3.63, 3.8) is 0 Å². The Hall–Kier alpha value is -1.12. The summed E-state index contributed by atoms with van der Waals surface area (Å²) in [7, 11) is 0. The molecule has 0 radical (unpaired) electrons. The molecule has 0 unspecified atom stereocenters. The molecule has 1 aromatic carbocycles. The SMILES string of the molecule is N=C(N)N=c1cc1. The van der Waals surface area contributed by atoms with E-state index in [1.165, 1.54) is 0 Å². The lowest BCUT2D eigenvalue weighted by atomic mass is 10.9. The van der Waals surface area contributed by atoms with Gasteiger partial charge >= 0.3 is 0 Å². The van der Waals surface area contributed by atoms with Crippen molar-refractivity contribution in [2.45, 2.75) is 0 Å². The molecule has 7 heavy (non-hydrogen) atoms. The first-order valence-electron chi connectivity index (χ1n) is 1.90. The van der Waals surface area contributed by atoms with Gasteiger partial charge in [0, 0.05) is 0 Å². The predicted octanol–water partition coefficient (Wildman–Crippen LogP) is -0.644. The fraction of sp³-hybridized carbons (Fsp3) is 0. The van der Waals surface area contributed by atoms with Crippen molar-refractivity contribution >= 4 is 5.96 Å². The van der Waals surface area contributed by atoms with Crippen LogP contribution in [0.15, 0.2) is 17.1 Å². The second-order valence-electron chi connectivity index (χ2n) is 1.26. The maximum Gasteiger partial charge on any atom is 0.212 e. The van der Waals surface area contributed by atoms with E-state index in [4.69, 9.17) is 11.1 Å². The number of rotatable bonds is 0. The number of hydrogen-bond donors (Lipinski definition) is 2.